The molecular formula is C17H22IN3O. The maximum absolute atomic E-state index is 9.44. The third-order valence-corrected chi connectivity index (χ3v) is 3.90. The monoisotopic (exact) mass is 411 g/mol. The number of benzene rings is 1. The number of aryl methyl sites for hydroxylation is 3. The molecular weight excluding hydrogens is 389 g/mol. The van der Waals surface area contributed by atoms with E-state index < -0.39 is 3.79 Å². The van der Waals surface area contributed by atoms with Crippen molar-refractivity contribution in [2.75, 3.05) is 0 Å². The van der Waals surface area contributed by atoms with Crippen LogP contribution in [0.2, 0.25) is 0 Å². The summed E-state index contributed by atoms with van der Waals surface area (Å²) in [6.07, 6.45) is 4.27. The topological polar surface area (TPSA) is 69.5 Å². The molecule has 0 radical (unpaired) electrons. The van der Waals surface area contributed by atoms with Crippen LogP contribution in [0.15, 0.2) is 6.07 Å². The lowest BCUT2D eigenvalue weighted by Crippen LogP contribution is -1.99. The van der Waals surface area contributed by atoms with E-state index in [4.69, 9.17) is 5.26 Å². The fourth-order valence-corrected chi connectivity index (χ4v) is 2.68. The summed E-state index contributed by atoms with van der Waals surface area (Å²) >= 11 is 1.41. The van der Waals surface area contributed by atoms with E-state index in [1.54, 1.807) is 0 Å². The van der Waals surface area contributed by atoms with Crippen LogP contribution in [0.4, 0.5) is 0 Å². The largest absolute Gasteiger partial charge is 0.342 e. The van der Waals surface area contributed by atoms with Gasteiger partial charge >= 0.3 is 0 Å². The molecule has 1 N–H and O–H groups in total. The molecule has 0 fully saturated rings. The first kappa shape index (κ1) is 18.6. The number of H-pyrrole nitrogens is 1. The Morgan fingerprint density at radius 1 is 1.18 bits per heavy atom. The van der Waals surface area contributed by atoms with Crippen molar-refractivity contribution in [2.45, 2.75) is 53.4 Å². The minimum atomic E-state index is -0.470. The Hall–Kier alpha value is -1.42. The number of carbonyl (C=O) groups is 1. The molecule has 118 valence electrons. The maximum Gasteiger partial charge on any atom is 0.291 e. The zero-order chi connectivity index (χ0) is 16.7. The summed E-state index contributed by atoms with van der Waals surface area (Å²) in [4.78, 5) is 17.6. The zero-order valence-electron chi connectivity index (χ0n) is 13.6. The highest BCUT2D eigenvalue weighted by molar-refractivity contribution is 14.1. The van der Waals surface area contributed by atoms with E-state index in [2.05, 4.69) is 43.7 Å². The second-order valence-corrected chi connectivity index (χ2v) is 5.85. The Kier molecular flexibility index (Phi) is 7.52. The van der Waals surface area contributed by atoms with Crippen LogP contribution >= 0.6 is 22.6 Å². The normalized spacial score (nSPS) is 10.0. The fraction of sp³-hybridized carbons (Fsp3) is 0.471. The van der Waals surface area contributed by atoms with Crippen LogP contribution in [0.1, 0.15) is 50.2 Å². The van der Waals surface area contributed by atoms with Crippen LogP contribution in [0.25, 0.3) is 11.0 Å². The number of aromatic amines is 1. The predicted molar refractivity (Wildman–Crippen MR) is 98.2 cm³/mol. The van der Waals surface area contributed by atoms with Gasteiger partial charge in [0.15, 0.2) is 0 Å². The molecule has 22 heavy (non-hydrogen) atoms. The Labute approximate surface area is 145 Å². The number of nitrogens with zero attached hydrogens (tertiary/aromatic N) is 2. The molecule has 0 aliphatic carbocycles. The minimum absolute atomic E-state index is 0.470. The highest BCUT2D eigenvalue weighted by atomic mass is 127. The van der Waals surface area contributed by atoms with Crippen LogP contribution in [-0.4, -0.2) is 13.8 Å². The molecule has 2 aromatic rings. The van der Waals surface area contributed by atoms with E-state index in [1.807, 2.05) is 0 Å². The quantitative estimate of drug-likeness (QED) is 0.464. The van der Waals surface area contributed by atoms with Crippen LogP contribution < -0.4 is 0 Å². The number of carbonyl (C=O) groups excluding carboxylic acids is 1. The molecule has 0 saturated heterocycles. The molecule has 0 bridgehead atoms. The first-order chi connectivity index (χ1) is 10.5. The third-order valence-electron chi connectivity index (χ3n) is 3.66. The van der Waals surface area contributed by atoms with Crippen molar-refractivity contribution in [3.05, 3.63) is 28.6 Å². The summed E-state index contributed by atoms with van der Waals surface area (Å²) in [5.41, 5.74) is 6.86. The average Bonchev–Trinajstić information content (AvgIpc) is 2.95. The number of nitriles is 1. The second-order valence-electron chi connectivity index (χ2n) is 4.87. The molecule has 1 aromatic carbocycles. The van der Waals surface area contributed by atoms with Gasteiger partial charge in [0.2, 0.25) is 0 Å². The van der Waals surface area contributed by atoms with E-state index in [1.165, 1.54) is 50.9 Å². The first-order valence-corrected chi connectivity index (χ1v) is 8.71. The van der Waals surface area contributed by atoms with Gasteiger partial charge < -0.3 is 4.98 Å². The highest BCUT2D eigenvalue weighted by Crippen LogP contribution is 2.26. The van der Waals surface area contributed by atoms with Crippen molar-refractivity contribution >= 4 is 37.4 Å². The van der Waals surface area contributed by atoms with Crippen LogP contribution in [0.3, 0.4) is 0 Å². The van der Waals surface area contributed by atoms with Crippen molar-refractivity contribution in [1.29, 1.82) is 5.26 Å². The van der Waals surface area contributed by atoms with E-state index >= 15 is 0 Å². The van der Waals surface area contributed by atoms with Gasteiger partial charge in [-0.15, -0.1) is 0 Å². The van der Waals surface area contributed by atoms with Gasteiger partial charge in [0.1, 0.15) is 11.9 Å². The molecule has 2 rings (SSSR count). The van der Waals surface area contributed by atoms with Gasteiger partial charge in [-0.05, 0) is 42.0 Å². The summed E-state index contributed by atoms with van der Waals surface area (Å²) < 4.78 is -0.470. The van der Waals surface area contributed by atoms with Crippen molar-refractivity contribution in [1.82, 2.24) is 9.97 Å². The lowest BCUT2D eigenvalue weighted by Gasteiger charge is -2.12. The summed E-state index contributed by atoms with van der Waals surface area (Å²) in [5, 5.41) is 7.54. The number of hydrogen-bond donors (Lipinski definition) is 1. The number of rotatable bonds is 4. The molecule has 0 saturated carbocycles. The van der Waals surface area contributed by atoms with Crippen LogP contribution in [-0.2, 0) is 30.5 Å². The number of nitrogens with one attached hydrogen (secondary N) is 1. The molecule has 0 aliphatic rings. The standard InChI is InChI=1S/C15H22N2.C2INO/c1-5-10-9-13-15(17-14(8-4)16-13)12(7-3)11(10)6-2;3-2(5)1-4/h9H,5-8H2,1-4H3,(H,16,17);. The zero-order valence-corrected chi connectivity index (χ0v) is 15.7. The third kappa shape index (κ3) is 4.29. The average molecular weight is 411 g/mol. The van der Waals surface area contributed by atoms with Crippen LogP contribution in [0.5, 0.6) is 0 Å². The SMILES string of the molecule is CCc1nc2cc(CC)c(CC)c(CC)c2[nH]1.N#CC(=O)I. The molecule has 0 aliphatic heterocycles. The molecule has 5 heteroatoms. The van der Waals surface area contributed by atoms with Crippen molar-refractivity contribution in [3.63, 3.8) is 0 Å². The summed E-state index contributed by atoms with van der Waals surface area (Å²) in [5.74, 6) is 1.10. The molecule has 4 nitrogen and oxygen atoms in total. The predicted octanol–water partition coefficient (Wildman–Crippen LogP) is 4.28. The molecule has 1 heterocycles. The fourth-order valence-electron chi connectivity index (χ4n) is 2.68. The maximum atomic E-state index is 9.44. The van der Waals surface area contributed by atoms with Gasteiger partial charge in [-0.1, -0.05) is 27.7 Å². The molecule has 0 spiro atoms. The summed E-state index contributed by atoms with van der Waals surface area (Å²) in [7, 11) is 0. The summed E-state index contributed by atoms with van der Waals surface area (Å²) in [6, 6.07) is 3.64. The van der Waals surface area contributed by atoms with E-state index in [9.17, 15) is 4.79 Å². The van der Waals surface area contributed by atoms with Crippen molar-refractivity contribution in [3.8, 4) is 6.07 Å². The van der Waals surface area contributed by atoms with E-state index in [0.29, 0.717) is 0 Å². The van der Waals surface area contributed by atoms with Gasteiger partial charge in [-0.2, -0.15) is 5.26 Å². The van der Waals surface area contributed by atoms with Crippen LogP contribution in [0, 0.1) is 11.3 Å². The van der Waals surface area contributed by atoms with Crippen molar-refractivity contribution in [2.24, 2.45) is 0 Å². The molecule has 0 atom stereocenters. The molecule has 1 aromatic heterocycles. The highest BCUT2D eigenvalue weighted by Gasteiger charge is 2.12. The number of fused-ring (bicyclic) bond motifs is 1. The Balaban J connectivity index is 0.000000422. The summed E-state index contributed by atoms with van der Waals surface area (Å²) in [6.45, 7) is 8.86. The van der Waals surface area contributed by atoms with Gasteiger partial charge in [0.05, 0.1) is 11.0 Å². The van der Waals surface area contributed by atoms with Gasteiger partial charge in [0, 0.05) is 29.0 Å². The lowest BCUT2D eigenvalue weighted by molar-refractivity contribution is -0.105. The number of imidazole rings is 1. The van der Waals surface area contributed by atoms with E-state index in [0.717, 1.165) is 37.0 Å². The van der Waals surface area contributed by atoms with E-state index in [-0.39, 0.29) is 0 Å². The number of halogens is 1. The second kappa shape index (κ2) is 8.89. The Bertz CT molecular complexity index is 698. The smallest absolute Gasteiger partial charge is 0.291 e. The Morgan fingerprint density at radius 2 is 1.77 bits per heavy atom. The lowest BCUT2D eigenvalue weighted by atomic mass is 9.94. The van der Waals surface area contributed by atoms with Gasteiger partial charge in [0.25, 0.3) is 3.79 Å². The van der Waals surface area contributed by atoms with Crippen molar-refractivity contribution < 1.29 is 4.79 Å². The molecule has 0 amide bonds. The first-order valence-electron chi connectivity index (χ1n) is 7.63. The Morgan fingerprint density at radius 3 is 2.18 bits per heavy atom. The minimum Gasteiger partial charge on any atom is -0.342 e. The molecule has 0 unspecified atom stereocenters. The van der Waals surface area contributed by atoms with Gasteiger partial charge in [-0.3, -0.25) is 4.79 Å². The number of hydrogen-bond acceptors (Lipinski definition) is 3. The number of aromatic nitrogens is 2. The van der Waals surface area contributed by atoms with Gasteiger partial charge in [-0.25, -0.2) is 4.98 Å².